The Morgan fingerprint density at radius 3 is 2.19 bits per heavy atom. The first-order valence-corrected chi connectivity index (χ1v) is 10.6. The Kier molecular flexibility index (Phi) is 3.94. The first-order chi connectivity index (χ1) is 7.09. The predicted octanol–water partition coefficient (Wildman–Crippen LogP) is 3.48. The van der Waals surface area contributed by atoms with Crippen LogP contribution in [0.15, 0.2) is 23.1 Å². The summed E-state index contributed by atoms with van der Waals surface area (Å²) in [6.45, 7) is 6.03. The van der Waals surface area contributed by atoms with Crippen LogP contribution in [0.4, 0.5) is 0 Å². The van der Waals surface area contributed by atoms with Gasteiger partial charge in [0.05, 0.1) is 9.92 Å². The first-order valence-electron chi connectivity index (χ1n) is 4.53. The molecule has 0 aliphatic rings. The molecule has 0 saturated heterocycles. The number of rotatable bonds is 3. The van der Waals surface area contributed by atoms with Gasteiger partial charge in [-0.1, -0.05) is 11.6 Å². The summed E-state index contributed by atoms with van der Waals surface area (Å²) in [7, 11) is -0.304. The van der Waals surface area contributed by atoms with Gasteiger partial charge in [-0.15, -0.1) is 0 Å². The smallest absolute Gasteiger partial charge is 0.261 e. The maximum atomic E-state index is 11.1. The molecule has 0 unspecified atom stereocenters. The third-order valence-electron chi connectivity index (χ3n) is 1.60. The van der Waals surface area contributed by atoms with Crippen molar-refractivity contribution in [3.05, 3.63) is 23.2 Å². The Morgan fingerprint density at radius 1 is 1.25 bits per heavy atom. The molecule has 0 atom stereocenters. The minimum absolute atomic E-state index is 0.0258. The van der Waals surface area contributed by atoms with Crippen molar-refractivity contribution < 1.29 is 12.8 Å². The lowest BCUT2D eigenvalue weighted by Gasteiger charge is -2.20. The fourth-order valence-electron chi connectivity index (χ4n) is 1.05. The zero-order valence-corrected chi connectivity index (χ0v) is 12.4. The van der Waals surface area contributed by atoms with Crippen molar-refractivity contribution in [3.8, 4) is 5.75 Å². The molecule has 0 fully saturated rings. The lowest BCUT2D eigenvalue weighted by Crippen LogP contribution is -2.29. The third-order valence-corrected chi connectivity index (χ3v) is 4.08. The number of hydrogen-bond acceptors (Lipinski definition) is 3. The van der Waals surface area contributed by atoms with Crippen LogP contribution in [0.25, 0.3) is 0 Å². The van der Waals surface area contributed by atoms with Crippen LogP contribution in [0.5, 0.6) is 5.75 Å². The van der Waals surface area contributed by atoms with E-state index in [1.165, 1.54) is 18.2 Å². The summed E-state index contributed by atoms with van der Waals surface area (Å²) in [4.78, 5) is -0.0258. The predicted molar refractivity (Wildman–Crippen MR) is 68.5 cm³/mol. The fraction of sp³-hybridized carbons (Fsp3) is 0.333. The summed E-state index contributed by atoms with van der Waals surface area (Å²) in [6, 6.07) is 4.19. The van der Waals surface area contributed by atoms with Crippen molar-refractivity contribution >= 4 is 39.7 Å². The van der Waals surface area contributed by atoms with Gasteiger partial charge in [0.15, 0.2) is 0 Å². The lowest BCUT2D eigenvalue weighted by atomic mass is 10.3. The zero-order valence-electron chi connectivity index (χ0n) is 9.12. The van der Waals surface area contributed by atoms with Crippen molar-refractivity contribution in [2.45, 2.75) is 24.5 Å². The van der Waals surface area contributed by atoms with E-state index in [0.717, 1.165) is 0 Å². The second-order valence-corrected chi connectivity index (χ2v) is 11.6. The molecule has 16 heavy (non-hydrogen) atoms. The van der Waals surface area contributed by atoms with Gasteiger partial charge >= 0.3 is 0 Å². The normalized spacial score (nSPS) is 12.6. The van der Waals surface area contributed by atoms with E-state index in [-0.39, 0.29) is 9.92 Å². The Balaban J connectivity index is 3.11. The molecule has 0 heterocycles. The number of benzene rings is 1. The molecule has 0 radical (unpaired) electrons. The Bertz CT molecular complexity index is 494. The summed E-state index contributed by atoms with van der Waals surface area (Å²) in [5, 5.41) is 0.254. The molecule has 3 nitrogen and oxygen atoms in total. The van der Waals surface area contributed by atoms with Crippen LogP contribution in [-0.2, 0) is 9.05 Å². The molecule has 0 amide bonds. The topological polar surface area (TPSA) is 43.4 Å². The van der Waals surface area contributed by atoms with Gasteiger partial charge in [0.25, 0.3) is 9.05 Å². The Morgan fingerprint density at radius 2 is 1.81 bits per heavy atom. The van der Waals surface area contributed by atoms with Gasteiger partial charge in [0, 0.05) is 10.7 Å². The summed E-state index contributed by atoms with van der Waals surface area (Å²) < 4.78 is 27.8. The van der Waals surface area contributed by atoms with E-state index >= 15 is 0 Å². The summed E-state index contributed by atoms with van der Waals surface area (Å²) in [5.41, 5.74) is 0. The van der Waals surface area contributed by atoms with Crippen LogP contribution in [0.1, 0.15) is 0 Å². The molecular formula is C9H12Cl2O3SSi. The van der Waals surface area contributed by atoms with E-state index in [2.05, 4.69) is 0 Å². The maximum Gasteiger partial charge on any atom is 0.261 e. The Hall–Kier alpha value is -0.233. The van der Waals surface area contributed by atoms with E-state index in [0.29, 0.717) is 5.75 Å². The van der Waals surface area contributed by atoms with Gasteiger partial charge in [-0.3, -0.25) is 0 Å². The van der Waals surface area contributed by atoms with E-state index in [9.17, 15) is 8.42 Å². The minimum atomic E-state index is -3.74. The van der Waals surface area contributed by atoms with E-state index in [1.807, 2.05) is 19.6 Å². The molecule has 0 aliphatic carbocycles. The average molecular weight is 299 g/mol. The van der Waals surface area contributed by atoms with Crippen LogP contribution in [-0.4, -0.2) is 16.7 Å². The van der Waals surface area contributed by atoms with E-state index < -0.39 is 17.4 Å². The molecule has 0 aromatic heterocycles. The molecule has 90 valence electrons. The van der Waals surface area contributed by atoms with Crippen molar-refractivity contribution in [1.29, 1.82) is 0 Å². The molecule has 1 aromatic carbocycles. The highest BCUT2D eigenvalue weighted by Crippen LogP contribution is 2.30. The zero-order chi connectivity index (χ0) is 12.6. The van der Waals surface area contributed by atoms with Crippen molar-refractivity contribution in [1.82, 2.24) is 0 Å². The van der Waals surface area contributed by atoms with Crippen LogP contribution in [0, 0.1) is 0 Å². The van der Waals surface area contributed by atoms with Crippen LogP contribution in [0.3, 0.4) is 0 Å². The highest BCUT2D eigenvalue weighted by molar-refractivity contribution is 8.13. The molecule has 1 aromatic rings. The lowest BCUT2D eigenvalue weighted by molar-refractivity contribution is 0.557. The van der Waals surface area contributed by atoms with Gasteiger partial charge in [0.1, 0.15) is 5.75 Å². The van der Waals surface area contributed by atoms with E-state index in [1.54, 1.807) is 0 Å². The third kappa shape index (κ3) is 3.97. The Labute approximate surface area is 106 Å². The highest BCUT2D eigenvalue weighted by Gasteiger charge is 2.19. The molecule has 0 bridgehead atoms. The molecule has 0 saturated carbocycles. The molecular weight excluding hydrogens is 287 g/mol. The molecule has 0 spiro atoms. The largest absolute Gasteiger partial charge is 0.543 e. The van der Waals surface area contributed by atoms with Gasteiger partial charge in [-0.25, -0.2) is 8.42 Å². The fourth-order valence-corrected chi connectivity index (χ4v) is 3.01. The summed E-state index contributed by atoms with van der Waals surface area (Å²) in [5.74, 6) is 0.491. The monoisotopic (exact) mass is 298 g/mol. The first kappa shape index (κ1) is 13.8. The summed E-state index contributed by atoms with van der Waals surface area (Å²) >= 11 is 5.92. The molecule has 0 aliphatic heterocycles. The van der Waals surface area contributed by atoms with E-state index in [4.69, 9.17) is 26.7 Å². The van der Waals surface area contributed by atoms with Gasteiger partial charge in [0.2, 0.25) is 8.32 Å². The second-order valence-electron chi connectivity index (χ2n) is 4.24. The van der Waals surface area contributed by atoms with Crippen molar-refractivity contribution in [3.63, 3.8) is 0 Å². The van der Waals surface area contributed by atoms with Crippen LogP contribution in [0.2, 0.25) is 24.7 Å². The average Bonchev–Trinajstić information content (AvgIpc) is 2.04. The highest BCUT2D eigenvalue weighted by atomic mass is 35.7. The minimum Gasteiger partial charge on any atom is -0.543 e. The van der Waals surface area contributed by atoms with Crippen LogP contribution >= 0.6 is 22.3 Å². The number of halogens is 2. The molecule has 1 rings (SSSR count). The molecule has 0 N–H and O–H groups in total. The second kappa shape index (κ2) is 4.56. The SMILES string of the molecule is C[Si](C)(C)Oc1ccc(S(=O)(=O)Cl)cc1Cl. The van der Waals surface area contributed by atoms with Crippen LogP contribution < -0.4 is 4.43 Å². The summed E-state index contributed by atoms with van der Waals surface area (Å²) in [6.07, 6.45) is 0. The van der Waals surface area contributed by atoms with Crippen molar-refractivity contribution in [2.24, 2.45) is 0 Å². The molecule has 7 heteroatoms. The van der Waals surface area contributed by atoms with Gasteiger partial charge in [-0.2, -0.15) is 0 Å². The quantitative estimate of drug-likeness (QED) is 0.634. The maximum absolute atomic E-state index is 11.1. The van der Waals surface area contributed by atoms with Gasteiger partial charge < -0.3 is 4.43 Å². The van der Waals surface area contributed by atoms with Gasteiger partial charge in [-0.05, 0) is 37.8 Å². The van der Waals surface area contributed by atoms with Crippen molar-refractivity contribution in [2.75, 3.05) is 0 Å². The standard InChI is InChI=1S/C9H12Cl2O3SSi/c1-16(2,3)14-9-5-4-7(6-8(9)10)15(11,12)13/h4-6H,1-3H3. The number of hydrogen-bond donors (Lipinski definition) is 0.